The van der Waals surface area contributed by atoms with Gasteiger partial charge in [0.2, 0.25) is 11.8 Å². The van der Waals surface area contributed by atoms with E-state index in [1.54, 1.807) is 0 Å². The predicted octanol–water partition coefficient (Wildman–Crippen LogP) is -7.40. The standard InChI is InChI=1S/C25H42N2O18/c1-8(31)26-10-7-41-13(5-29)17(36)20(10)43-23-19(38)22(18(37)14(6-30)42-23)45-25(24(39)40)3-11(33)15(27-9(2)32)21(44-25)16(35)12(34)4-28/h10-23,28-30,33-38H,3-7H2,1-2H3,(H,26,31)(H,27,32)(H,39,40)/t10-,11-,12+,13+,14+,15+,16+,17+,18-,19+,20+,21+,22-,23-,25-/m0/s1. The third-order valence-electron chi connectivity index (χ3n) is 7.80. The molecule has 3 heterocycles. The molecule has 260 valence electrons. The number of aliphatic carboxylic acids is 1. The average Bonchev–Trinajstić information content (AvgIpc) is 2.98. The number of carboxylic acids is 1. The molecule has 45 heavy (non-hydrogen) atoms. The highest BCUT2D eigenvalue weighted by atomic mass is 16.8. The molecule has 3 aliphatic heterocycles. The molecule has 0 spiro atoms. The van der Waals surface area contributed by atoms with Crippen molar-refractivity contribution in [3.05, 3.63) is 0 Å². The molecule has 0 aromatic carbocycles. The second kappa shape index (κ2) is 15.6. The van der Waals surface area contributed by atoms with Crippen molar-refractivity contribution in [3.8, 4) is 0 Å². The minimum atomic E-state index is -3.00. The lowest BCUT2D eigenvalue weighted by Gasteiger charge is -2.50. The maximum absolute atomic E-state index is 12.6. The van der Waals surface area contributed by atoms with Gasteiger partial charge in [0, 0.05) is 20.3 Å². The third kappa shape index (κ3) is 8.23. The van der Waals surface area contributed by atoms with Crippen LogP contribution in [-0.2, 0) is 38.1 Å². The topological polar surface area (TPSA) is 324 Å². The van der Waals surface area contributed by atoms with Crippen molar-refractivity contribution in [2.24, 2.45) is 0 Å². The molecule has 20 heteroatoms. The van der Waals surface area contributed by atoms with Gasteiger partial charge < -0.3 is 85.4 Å². The summed E-state index contributed by atoms with van der Waals surface area (Å²) in [6, 6.07) is -2.58. The Labute approximate surface area is 256 Å². The number of rotatable bonds is 12. The van der Waals surface area contributed by atoms with Crippen LogP contribution in [-0.4, -0.2) is 187 Å². The summed E-state index contributed by atoms with van der Waals surface area (Å²) >= 11 is 0. The lowest BCUT2D eigenvalue weighted by molar-refractivity contribution is -0.377. The summed E-state index contributed by atoms with van der Waals surface area (Å²) in [7, 11) is 0. The van der Waals surface area contributed by atoms with Crippen molar-refractivity contribution in [1.82, 2.24) is 10.6 Å². The van der Waals surface area contributed by atoms with Gasteiger partial charge in [0.15, 0.2) is 6.29 Å². The molecule has 0 saturated carbocycles. The summed E-state index contributed by atoms with van der Waals surface area (Å²) in [5.41, 5.74) is 0. The molecule has 0 bridgehead atoms. The van der Waals surface area contributed by atoms with E-state index in [4.69, 9.17) is 23.7 Å². The van der Waals surface area contributed by atoms with E-state index in [0.29, 0.717) is 0 Å². The Bertz CT molecular complexity index is 1020. The van der Waals surface area contributed by atoms with Crippen molar-refractivity contribution in [1.29, 1.82) is 0 Å². The van der Waals surface area contributed by atoms with Crippen LogP contribution in [0.15, 0.2) is 0 Å². The molecule has 0 unspecified atom stereocenters. The molecule has 0 aliphatic carbocycles. The zero-order valence-corrected chi connectivity index (χ0v) is 24.4. The molecule has 3 aliphatic rings. The minimum Gasteiger partial charge on any atom is -0.477 e. The van der Waals surface area contributed by atoms with Crippen LogP contribution in [0.25, 0.3) is 0 Å². The van der Waals surface area contributed by atoms with Gasteiger partial charge in [-0.1, -0.05) is 0 Å². The van der Waals surface area contributed by atoms with E-state index >= 15 is 0 Å². The number of nitrogens with one attached hydrogen (secondary N) is 2. The highest BCUT2D eigenvalue weighted by molar-refractivity contribution is 5.76. The summed E-state index contributed by atoms with van der Waals surface area (Å²) in [6.45, 7) is -0.672. The van der Waals surface area contributed by atoms with E-state index in [-0.39, 0.29) is 6.61 Å². The maximum atomic E-state index is 12.6. The van der Waals surface area contributed by atoms with Crippen LogP contribution in [0.5, 0.6) is 0 Å². The molecule has 0 aromatic heterocycles. The number of amides is 2. The van der Waals surface area contributed by atoms with Crippen molar-refractivity contribution in [3.63, 3.8) is 0 Å². The van der Waals surface area contributed by atoms with E-state index in [1.165, 1.54) is 6.92 Å². The van der Waals surface area contributed by atoms with Crippen LogP contribution in [0, 0.1) is 0 Å². The lowest BCUT2D eigenvalue weighted by Crippen LogP contribution is -2.71. The van der Waals surface area contributed by atoms with Gasteiger partial charge in [-0.3, -0.25) is 9.59 Å². The normalized spacial score (nSPS) is 41.9. The Balaban J connectivity index is 1.96. The van der Waals surface area contributed by atoms with Crippen LogP contribution in [0.4, 0.5) is 0 Å². The van der Waals surface area contributed by atoms with Gasteiger partial charge in [-0.15, -0.1) is 0 Å². The number of carbonyl (C=O) groups excluding carboxylic acids is 2. The highest BCUT2D eigenvalue weighted by Gasteiger charge is 2.60. The lowest BCUT2D eigenvalue weighted by atomic mass is 9.88. The number of carboxylic acid groups (broad SMARTS) is 1. The van der Waals surface area contributed by atoms with E-state index in [2.05, 4.69) is 10.6 Å². The Morgan fingerprint density at radius 1 is 0.911 bits per heavy atom. The Morgan fingerprint density at radius 2 is 1.51 bits per heavy atom. The van der Waals surface area contributed by atoms with Crippen LogP contribution in [0.2, 0.25) is 0 Å². The summed E-state index contributed by atoms with van der Waals surface area (Å²) in [6.07, 6.45) is -22.7. The molecule has 15 atom stereocenters. The van der Waals surface area contributed by atoms with Gasteiger partial charge in [-0.2, -0.15) is 0 Å². The Morgan fingerprint density at radius 3 is 2.04 bits per heavy atom. The number of ether oxygens (including phenoxy) is 5. The molecular weight excluding hydrogens is 616 g/mol. The fourth-order valence-electron chi connectivity index (χ4n) is 5.52. The van der Waals surface area contributed by atoms with Gasteiger partial charge in [-0.25, -0.2) is 4.79 Å². The van der Waals surface area contributed by atoms with Crippen molar-refractivity contribution in [2.45, 2.75) is 112 Å². The monoisotopic (exact) mass is 658 g/mol. The number of aliphatic hydroxyl groups excluding tert-OH is 9. The zero-order chi connectivity index (χ0) is 33.8. The van der Waals surface area contributed by atoms with Crippen molar-refractivity contribution in [2.75, 3.05) is 26.4 Å². The van der Waals surface area contributed by atoms with E-state index in [1.807, 2.05) is 0 Å². The minimum absolute atomic E-state index is 0.256. The van der Waals surface area contributed by atoms with E-state index < -0.39 is 135 Å². The molecule has 0 radical (unpaired) electrons. The molecule has 12 N–H and O–H groups in total. The molecule has 0 aromatic rings. The Kier molecular flexibility index (Phi) is 13.0. The zero-order valence-electron chi connectivity index (χ0n) is 24.4. The highest BCUT2D eigenvalue weighted by Crippen LogP contribution is 2.38. The van der Waals surface area contributed by atoms with Gasteiger partial charge in [-0.05, 0) is 0 Å². The fourth-order valence-corrected chi connectivity index (χ4v) is 5.52. The molecule has 3 fully saturated rings. The number of hydrogen-bond donors (Lipinski definition) is 12. The second-order valence-corrected chi connectivity index (χ2v) is 11.1. The molecule has 2 amide bonds. The van der Waals surface area contributed by atoms with Crippen LogP contribution in [0.3, 0.4) is 0 Å². The van der Waals surface area contributed by atoms with Gasteiger partial charge in [0.05, 0.1) is 44.6 Å². The number of aliphatic hydroxyl groups is 9. The molecule has 20 nitrogen and oxygen atoms in total. The summed E-state index contributed by atoms with van der Waals surface area (Å²) in [5, 5.41) is 108. The average molecular weight is 659 g/mol. The summed E-state index contributed by atoms with van der Waals surface area (Å²) < 4.78 is 27.7. The molecule has 3 rings (SSSR count). The van der Waals surface area contributed by atoms with Crippen LogP contribution in [0.1, 0.15) is 20.3 Å². The second-order valence-electron chi connectivity index (χ2n) is 11.1. The van der Waals surface area contributed by atoms with Crippen molar-refractivity contribution < 1.29 is 89.1 Å². The smallest absolute Gasteiger partial charge is 0.364 e. The van der Waals surface area contributed by atoms with Crippen molar-refractivity contribution >= 4 is 17.8 Å². The van der Waals surface area contributed by atoms with E-state index in [9.17, 15) is 65.4 Å². The van der Waals surface area contributed by atoms with Gasteiger partial charge in [0.25, 0.3) is 5.79 Å². The first-order chi connectivity index (χ1) is 21.1. The predicted molar refractivity (Wildman–Crippen MR) is 141 cm³/mol. The summed E-state index contributed by atoms with van der Waals surface area (Å²) in [4.78, 5) is 36.2. The van der Waals surface area contributed by atoms with Gasteiger partial charge in [0.1, 0.15) is 61.0 Å². The van der Waals surface area contributed by atoms with Gasteiger partial charge >= 0.3 is 5.97 Å². The van der Waals surface area contributed by atoms with Crippen LogP contribution >= 0.6 is 0 Å². The Hall–Kier alpha value is -2.15. The first-order valence-corrected chi connectivity index (χ1v) is 14.1. The third-order valence-corrected chi connectivity index (χ3v) is 7.80. The largest absolute Gasteiger partial charge is 0.477 e. The SMILES string of the molecule is CC(=O)N[C@H]1[C@H]([C@H](O)[C@H](O)CO)O[C@@](O[C@H]2[C@@H](O)[C@@H](CO)O[C@@H](O[C@H]3[C@H](O)[C@@H](CO)OC[C@@H]3NC(C)=O)[C@@H]2O)(C(=O)O)C[C@@H]1O. The first-order valence-electron chi connectivity index (χ1n) is 14.1. The molecule has 3 saturated heterocycles. The number of carbonyl (C=O) groups is 3. The van der Waals surface area contributed by atoms with Crippen LogP contribution < -0.4 is 10.6 Å². The quantitative estimate of drug-likeness (QED) is 0.0926. The molecular formula is C25H42N2O18. The fraction of sp³-hybridized carbons (Fsp3) is 0.880. The summed E-state index contributed by atoms with van der Waals surface area (Å²) in [5.74, 6) is -6.24. The van der Waals surface area contributed by atoms with E-state index in [0.717, 1.165) is 6.92 Å². The number of hydrogen-bond acceptors (Lipinski definition) is 17. The first kappa shape index (κ1) is 37.3. The maximum Gasteiger partial charge on any atom is 0.364 e.